The van der Waals surface area contributed by atoms with E-state index in [0.29, 0.717) is 6.54 Å². The van der Waals surface area contributed by atoms with Gasteiger partial charge in [-0.2, -0.15) is 0 Å². The monoisotopic (exact) mass is 169 g/mol. The van der Waals surface area contributed by atoms with Gasteiger partial charge < -0.3 is 4.74 Å². The Morgan fingerprint density at radius 2 is 1.92 bits per heavy atom. The lowest BCUT2D eigenvalue weighted by molar-refractivity contribution is -0.138. The summed E-state index contributed by atoms with van der Waals surface area (Å²) in [5, 5.41) is 0. The molecule has 0 bridgehead atoms. The third-order valence-electron chi connectivity index (χ3n) is 1.74. The Hall–Kier alpha value is -1.16. The highest BCUT2D eigenvalue weighted by Gasteiger charge is 2.24. The molecule has 4 heteroatoms. The van der Waals surface area contributed by atoms with Crippen molar-refractivity contribution in [2.24, 2.45) is 0 Å². The maximum atomic E-state index is 11.0. The molecule has 0 aliphatic carbocycles. The second-order valence-corrected chi connectivity index (χ2v) is 2.67. The number of amides is 2. The van der Waals surface area contributed by atoms with Crippen LogP contribution < -0.4 is 0 Å². The van der Waals surface area contributed by atoms with Gasteiger partial charge in [0.05, 0.1) is 12.6 Å². The molecule has 0 aromatic heterocycles. The van der Waals surface area contributed by atoms with Crippen molar-refractivity contribution in [2.75, 3.05) is 13.7 Å². The molecule has 1 atom stereocenters. The van der Waals surface area contributed by atoms with E-state index in [-0.39, 0.29) is 17.9 Å². The number of methoxy groups -OCH3 is 1. The van der Waals surface area contributed by atoms with Crippen LogP contribution in [0.15, 0.2) is 12.2 Å². The summed E-state index contributed by atoms with van der Waals surface area (Å²) in [5.41, 5.74) is 0. The van der Waals surface area contributed by atoms with Crippen molar-refractivity contribution in [1.29, 1.82) is 0 Å². The van der Waals surface area contributed by atoms with E-state index >= 15 is 0 Å². The van der Waals surface area contributed by atoms with E-state index in [2.05, 4.69) is 0 Å². The van der Waals surface area contributed by atoms with Crippen LogP contribution in [-0.2, 0) is 14.3 Å². The summed E-state index contributed by atoms with van der Waals surface area (Å²) in [6, 6.07) is 0. The number of hydrogen-bond acceptors (Lipinski definition) is 3. The molecule has 2 amide bonds. The first-order valence-corrected chi connectivity index (χ1v) is 3.71. The van der Waals surface area contributed by atoms with Crippen LogP contribution in [0.2, 0.25) is 0 Å². The molecule has 0 aromatic rings. The number of rotatable bonds is 3. The average Bonchev–Trinajstić information content (AvgIpc) is 2.35. The Balaban J connectivity index is 2.53. The van der Waals surface area contributed by atoms with Crippen LogP contribution in [0.5, 0.6) is 0 Å². The molecule has 1 rings (SSSR count). The highest BCUT2D eigenvalue weighted by atomic mass is 16.5. The predicted molar refractivity (Wildman–Crippen MR) is 42.3 cm³/mol. The third kappa shape index (κ3) is 1.71. The van der Waals surface area contributed by atoms with Crippen molar-refractivity contribution >= 4 is 11.8 Å². The molecule has 0 saturated carbocycles. The summed E-state index contributed by atoms with van der Waals surface area (Å²) in [7, 11) is 1.54. The summed E-state index contributed by atoms with van der Waals surface area (Å²) < 4.78 is 4.93. The van der Waals surface area contributed by atoms with Gasteiger partial charge in [0.1, 0.15) is 0 Å². The number of nitrogens with zero attached hydrogens (tertiary/aromatic N) is 1. The van der Waals surface area contributed by atoms with Gasteiger partial charge >= 0.3 is 0 Å². The summed E-state index contributed by atoms with van der Waals surface area (Å²) >= 11 is 0. The third-order valence-corrected chi connectivity index (χ3v) is 1.74. The summed E-state index contributed by atoms with van der Waals surface area (Å²) in [6.07, 6.45) is 2.42. The first-order valence-electron chi connectivity index (χ1n) is 3.71. The van der Waals surface area contributed by atoms with Crippen molar-refractivity contribution in [1.82, 2.24) is 4.90 Å². The smallest absolute Gasteiger partial charge is 0.253 e. The van der Waals surface area contributed by atoms with Crippen LogP contribution in [0.25, 0.3) is 0 Å². The predicted octanol–water partition coefficient (Wildman–Crippen LogP) is -0.0537. The molecule has 4 nitrogen and oxygen atoms in total. The minimum Gasteiger partial charge on any atom is -0.380 e. The Bertz CT molecular complexity index is 216. The summed E-state index contributed by atoms with van der Waals surface area (Å²) in [5.74, 6) is -0.521. The van der Waals surface area contributed by atoms with Gasteiger partial charge in [-0.25, -0.2) is 0 Å². The zero-order valence-electron chi connectivity index (χ0n) is 7.11. The fourth-order valence-corrected chi connectivity index (χ4v) is 0.943. The second kappa shape index (κ2) is 3.49. The molecule has 0 N–H and O–H groups in total. The van der Waals surface area contributed by atoms with E-state index in [1.165, 1.54) is 12.2 Å². The van der Waals surface area contributed by atoms with Crippen molar-refractivity contribution < 1.29 is 14.3 Å². The lowest BCUT2D eigenvalue weighted by Crippen LogP contribution is -2.36. The van der Waals surface area contributed by atoms with Crippen LogP contribution in [0.3, 0.4) is 0 Å². The fourth-order valence-electron chi connectivity index (χ4n) is 0.943. The zero-order valence-corrected chi connectivity index (χ0v) is 7.11. The molecule has 1 aliphatic heterocycles. The number of imide groups is 1. The largest absolute Gasteiger partial charge is 0.380 e. The van der Waals surface area contributed by atoms with Gasteiger partial charge in [0.25, 0.3) is 11.8 Å². The van der Waals surface area contributed by atoms with Crippen molar-refractivity contribution in [3.63, 3.8) is 0 Å². The highest BCUT2D eigenvalue weighted by molar-refractivity contribution is 6.12. The molecular formula is C8H11NO3. The molecule has 0 spiro atoms. The van der Waals surface area contributed by atoms with E-state index in [4.69, 9.17) is 4.74 Å². The topological polar surface area (TPSA) is 46.6 Å². The molecule has 0 fully saturated rings. The Morgan fingerprint density at radius 1 is 1.42 bits per heavy atom. The van der Waals surface area contributed by atoms with Crippen molar-refractivity contribution in [2.45, 2.75) is 13.0 Å². The first kappa shape index (κ1) is 8.93. The number of ether oxygens (including phenoxy) is 1. The average molecular weight is 169 g/mol. The zero-order chi connectivity index (χ0) is 9.14. The van der Waals surface area contributed by atoms with Gasteiger partial charge in [0.15, 0.2) is 0 Å². The van der Waals surface area contributed by atoms with Gasteiger partial charge in [-0.05, 0) is 6.92 Å². The van der Waals surface area contributed by atoms with E-state index in [1.807, 2.05) is 0 Å². The minimum atomic E-state index is -0.260. The highest BCUT2D eigenvalue weighted by Crippen LogP contribution is 2.05. The molecule has 0 aromatic carbocycles. The Morgan fingerprint density at radius 3 is 2.33 bits per heavy atom. The van der Waals surface area contributed by atoms with Crippen LogP contribution in [0.4, 0.5) is 0 Å². The summed E-state index contributed by atoms with van der Waals surface area (Å²) in [4.78, 5) is 23.2. The molecular weight excluding hydrogens is 158 g/mol. The normalized spacial score (nSPS) is 19.0. The quantitative estimate of drug-likeness (QED) is 0.556. The lowest BCUT2D eigenvalue weighted by atomic mass is 10.3. The van der Waals surface area contributed by atoms with Gasteiger partial charge in [0.2, 0.25) is 0 Å². The van der Waals surface area contributed by atoms with Crippen LogP contribution in [0, 0.1) is 0 Å². The molecule has 66 valence electrons. The van der Waals surface area contributed by atoms with E-state index < -0.39 is 0 Å². The van der Waals surface area contributed by atoms with Crippen LogP contribution in [0.1, 0.15) is 6.92 Å². The SMILES string of the molecule is CO[C@@H](C)CN1C(=O)C=CC1=O. The molecule has 0 saturated heterocycles. The number of hydrogen-bond donors (Lipinski definition) is 0. The summed E-state index contributed by atoms with van der Waals surface area (Å²) in [6.45, 7) is 2.13. The fraction of sp³-hybridized carbons (Fsp3) is 0.500. The maximum Gasteiger partial charge on any atom is 0.253 e. The molecule has 0 radical (unpaired) electrons. The van der Waals surface area contributed by atoms with Gasteiger partial charge in [-0.15, -0.1) is 0 Å². The standard InChI is InChI=1S/C8H11NO3/c1-6(12-2)5-9-7(10)3-4-8(9)11/h3-4,6H,5H2,1-2H3/t6-/m0/s1. The molecule has 1 heterocycles. The number of carbonyl (C=O) groups is 2. The number of carbonyl (C=O) groups excluding carboxylic acids is 2. The molecule has 1 aliphatic rings. The van der Waals surface area contributed by atoms with E-state index in [9.17, 15) is 9.59 Å². The van der Waals surface area contributed by atoms with Crippen molar-refractivity contribution in [3.05, 3.63) is 12.2 Å². The Labute approximate surface area is 70.8 Å². The Kier molecular flexibility index (Phi) is 2.60. The van der Waals surface area contributed by atoms with Crippen LogP contribution in [-0.4, -0.2) is 36.5 Å². The second-order valence-electron chi connectivity index (χ2n) is 2.67. The van der Waals surface area contributed by atoms with Crippen molar-refractivity contribution in [3.8, 4) is 0 Å². The van der Waals surface area contributed by atoms with E-state index in [1.54, 1.807) is 14.0 Å². The van der Waals surface area contributed by atoms with Gasteiger partial charge in [-0.1, -0.05) is 0 Å². The van der Waals surface area contributed by atoms with Gasteiger partial charge in [0, 0.05) is 19.3 Å². The lowest BCUT2D eigenvalue weighted by Gasteiger charge is -2.17. The first-order chi connectivity index (χ1) is 5.65. The van der Waals surface area contributed by atoms with Gasteiger partial charge in [-0.3, -0.25) is 14.5 Å². The molecule has 12 heavy (non-hydrogen) atoms. The maximum absolute atomic E-state index is 11.0. The minimum absolute atomic E-state index is 0.113. The van der Waals surface area contributed by atoms with Crippen LogP contribution >= 0.6 is 0 Å². The molecule has 0 unspecified atom stereocenters. The van der Waals surface area contributed by atoms with E-state index in [0.717, 1.165) is 4.90 Å².